The summed E-state index contributed by atoms with van der Waals surface area (Å²) in [6.45, 7) is 10.4. The van der Waals surface area contributed by atoms with Crippen LogP contribution in [0, 0.1) is 0 Å². The standard InChI is InChI=1S/C17H24BNO3/c1-16(2)17(3,4)22-18(21-16)12-5-7-13(8-6-12)19-10-14-9-15(11-19)20-14/h5-8,14-15H,9-11H2,1-4H3. The van der Waals surface area contributed by atoms with Gasteiger partial charge in [-0.3, -0.25) is 0 Å². The van der Waals surface area contributed by atoms with E-state index in [2.05, 4.69) is 56.9 Å². The number of fused-ring (bicyclic) bond motifs is 2. The third-order valence-electron chi connectivity index (χ3n) is 5.54. The molecule has 0 spiro atoms. The van der Waals surface area contributed by atoms with Crippen molar-refractivity contribution in [3.05, 3.63) is 24.3 Å². The molecule has 4 aliphatic heterocycles. The molecule has 0 radical (unpaired) electrons. The SMILES string of the molecule is CC1(C)OB(c2ccc(N3CC4CC(C3)O4)cc2)OC1(C)C. The molecule has 0 amide bonds. The van der Waals surface area contributed by atoms with Crippen molar-refractivity contribution in [1.82, 2.24) is 0 Å². The average molecular weight is 301 g/mol. The summed E-state index contributed by atoms with van der Waals surface area (Å²) < 4.78 is 17.9. The van der Waals surface area contributed by atoms with Gasteiger partial charge in [0, 0.05) is 25.2 Å². The van der Waals surface area contributed by atoms with Gasteiger partial charge in [-0.25, -0.2) is 0 Å². The van der Waals surface area contributed by atoms with Crippen LogP contribution in [0.3, 0.4) is 0 Å². The Kier molecular flexibility index (Phi) is 3.13. The first-order chi connectivity index (χ1) is 10.3. The van der Waals surface area contributed by atoms with Crippen LogP contribution in [0.5, 0.6) is 0 Å². The van der Waals surface area contributed by atoms with E-state index in [1.165, 1.54) is 12.1 Å². The Labute approximate surface area is 132 Å². The lowest BCUT2D eigenvalue weighted by molar-refractivity contribution is -0.133. The number of hydrogen-bond acceptors (Lipinski definition) is 4. The highest BCUT2D eigenvalue weighted by Gasteiger charge is 2.51. The van der Waals surface area contributed by atoms with Gasteiger partial charge in [0.2, 0.25) is 0 Å². The van der Waals surface area contributed by atoms with Crippen LogP contribution in [-0.2, 0) is 14.0 Å². The van der Waals surface area contributed by atoms with Gasteiger partial charge in [-0.2, -0.15) is 0 Å². The van der Waals surface area contributed by atoms with Crippen molar-refractivity contribution in [3.8, 4) is 0 Å². The predicted octanol–water partition coefficient (Wildman–Crippen LogP) is 1.96. The summed E-state index contributed by atoms with van der Waals surface area (Å²) in [4.78, 5) is 2.41. The summed E-state index contributed by atoms with van der Waals surface area (Å²) in [5.74, 6) is 0. The molecule has 0 aromatic heterocycles. The first kappa shape index (κ1) is 14.6. The van der Waals surface area contributed by atoms with Crippen molar-refractivity contribution in [2.75, 3.05) is 18.0 Å². The summed E-state index contributed by atoms with van der Waals surface area (Å²) in [5, 5.41) is 0. The molecule has 1 aromatic carbocycles. The fraction of sp³-hybridized carbons (Fsp3) is 0.647. The predicted molar refractivity (Wildman–Crippen MR) is 87.6 cm³/mol. The Balaban J connectivity index is 1.48. The number of piperidine rings is 1. The zero-order valence-electron chi connectivity index (χ0n) is 13.8. The molecule has 0 saturated carbocycles. The van der Waals surface area contributed by atoms with Crippen LogP contribution in [-0.4, -0.2) is 43.6 Å². The van der Waals surface area contributed by atoms with Crippen LogP contribution < -0.4 is 10.4 Å². The number of nitrogens with zero attached hydrogens (tertiary/aromatic N) is 1. The average Bonchev–Trinajstić information content (AvgIpc) is 2.67. The number of anilines is 1. The van der Waals surface area contributed by atoms with Crippen molar-refractivity contribution in [3.63, 3.8) is 0 Å². The van der Waals surface area contributed by atoms with E-state index in [1.54, 1.807) is 0 Å². The van der Waals surface area contributed by atoms with E-state index in [4.69, 9.17) is 14.0 Å². The Morgan fingerprint density at radius 3 is 1.95 bits per heavy atom. The normalized spacial score (nSPS) is 32.0. The van der Waals surface area contributed by atoms with Gasteiger partial charge in [-0.15, -0.1) is 0 Å². The van der Waals surface area contributed by atoms with E-state index in [0.29, 0.717) is 12.2 Å². The molecule has 118 valence electrons. The lowest BCUT2D eigenvalue weighted by Gasteiger charge is -2.48. The van der Waals surface area contributed by atoms with Crippen LogP contribution in [0.25, 0.3) is 0 Å². The van der Waals surface area contributed by atoms with E-state index in [-0.39, 0.29) is 18.3 Å². The Morgan fingerprint density at radius 2 is 1.45 bits per heavy atom. The van der Waals surface area contributed by atoms with Crippen LogP contribution >= 0.6 is 0 Å². The summed E-state index contributed by atoms with van der Waals surface area (Å²) >= 11 is 0. The number of ether oxygens (including phenoxy) is 1. The second-order valence-electron chi connectivity index (χ2n) is 7.70. The van der Waals surface area contributed by atoms with Crippen molar-refractivity contribution in [2.24, 2.45) is 0 Å². The van der Waals surface area contributed by atoms with E-state index in [9.17, 15) is 0 Å². The second-order valence-corrected chi connectivity index (χ2v) is 7.70. The smallest absolute Gasteiger partial charge is 0.399 e. The van der Waals surface area contributed by atoms with Gasteiger partial charge < -0.3 is 18.9 Å². The van der Waals surface area contributed by atoms with Gasteiger partial charge in [0.15, 0.2) is 0 Å². The van der Waals surface area contributed by atoms with Crippen LogP contribution in [0.4, 0.5) is 5.69 Å². The van der Waals surface area contributed by atoms with Crippen molar-refractivity contribution in [1.29, 1.82) is 0 Å². The fourth-order valence-corrected chi connectivity index (χ4v) is 3.39. The number of benzene rings is 1. The minimum atomic E-state index is -0.290. The van der Waals surface area contributed by atoms with E-state index < -0.39 is 0 Å². The summed E-state index contributed by atoms with van der Waals surface area (Å²) in [6, 6.07) is 8.59. The monoisotopic (exact) mass is 301 g/mol. The third kappa shape index (κ3) is 2.27. The maximum atomic E-state index is 6.10. The molecule has 4 heterocycles. The lowest BCUT2D eigenvalue weighted by Crippen LogP contribution is -2.57. The number of morpholine rings is 1. The quantitative estimate of drug-likeness (QED) is 0.782. The molecule has 22 heavy (non-hydrogen) atoms. The van der Waals surface area contributed by atoms with E-state index in [0.717, 1.165) is 18.6 Å². The highest BCUT2D eigenvalue weighted by atomic mass is 16.7. The van der Waals surface area contributed by atoms with Gasteiger partial charge in [0.05, 0.1) is 23.4 Å². The summed E-state index contributed by atoms with van der Waals surface area (Å²) in [6.07, 6.45) is 2.09. The molecule has 0 N–H and O–H groups in total. The first-order valence-electron chi connectivity index (χ1n) is 8.20. The molecule has 2 unspecified atom stereocenters. The Bertz CT molecular complexity index is 540. The zero-order valence-corrected chi connectivity index (χ0v) is 13.8. The topological polar surface area (TPSA) is 30.9 Å². The van der Waals surface area contributed by atoms with E-state index in [1.807, 2.05) is 0 Å². The Morgan fingerprint density at radius 1 is 0.955 bits per heavy atom. The van der Waals surface area contributed by atoms with Gasteiger partial charge in [-0.1, -0.05) is 12.1 Å². The third-order valence-corrected chi connectivity index (χ3v) is 5.54. The number of hydrogen-bond donors (Lipinski definition) is 0. The van der Waals surface area contributed by atoms with Gasteiger partial charge >= 0.3 is 7.12 Å². The first-order valence-corrected chi connectivity index (χ1v) is 8.20. The minimum Gasteiger partial charge on any atom is -0.399 e. The van der Waals surface area contributed by atoms with Gasteiger partial charge in [0.1, 0.15) is 0 Å². The van der Waals surface area contributed by atoms with Crippen LogP contribution in [0.1, 0.15) is 34.1 Å². The molecule has 4 fully saturated rings. The van der Waals surface area contributed by atoms with Crippen molar-refractivity contribution < 1.29 is 14.0 Å². The molecule has 4 saturated heterocycles. The maximum Gasteiger partial charge on any atom is 0.494 e. The molecule has 2 atom stereocenters. The largest absolute Gasteiger partial charge is 0.494 e. The molecular weight excluding hydrogens is 277 g/mol. The highest BCUT2D eigenvalue weighted by Crippen LogP contribution is 2.36. The summed E-state index contributed by atoms with van der Waals surface area (Å²) in [5.41, 5.74) is 1.77. The van der Waals surface area contributed by atoms with Gasteiger partial charge in [-0.05, 0) is 45.3 Å². The molecular formula is C17H24BNO3. The molecule has 5 rings (SSSR count). The second kappa shape index (κ2) is 4.73. The van der Waals surface area contributed by atoms with Crippen LogP contribution in [0.15, 0.2) is 24.3 Å². The molecule has 5 heteroatoms. The fourth-order valence-electron chi connectivity index (χ4n) is 3.39. The number of rotatable bonds is 2. The lowest BCUT2D eigenvalue weighted by atomic mass is 9.79. The minimum absolute atomic E-state index is 0.280. The molecule has 4 nitrogen and oxygen atoms in total. The highest BCUT2D eigenvalue weighted by molar-refractivity contribution is 6.62. The van der Waals surface area contributed by atoms with Gasteiger partial charge in [0.25, 0.3) is 0 Å². The molecule has 0 aliphatic carbocycles. The van der Waals surface area contributed by atoms with Crippen molar-refractivity contribution >= 4 is 18.3 Å². The van der Waals surface area contributed by atoms with Crippen LogP contribution in [0.2, 0.25) is 0 Å². The summed E-state index contributed by atoms with van der Waals surface area (Å²) in [7, 11) is -0.280. The maximum absolute atomic E-state index is 6.10. The zero-order chi connectivity index (χ0) is 15.5. The molecule has 2 bridgehead atoms. The van der Waals surface area contributed by atoms with Crippen molar-refractivity contribution in [2.45, 2.75) is 57.5 Å². The Hall–Kier alpha value is -1.04. The molecule has 4 aliphatic rings. The van der Waals surface area contributed by atoms with E-state index >= 15 is 0 Å². The molecule has 1 aromatic rings.